The lowest BCUT2D eigenvalue weighted by molar-refractivity contribution is 0.298. The van der Waals surface area contributed by atoms with E-state index in [9.17, 15) is 4.39 Å². The van der Waals surface area contributed by atoms with Crippen LogP contribution in [-0.4, -0.2) is 7.05 Å². The zero-order valence-electron chi connectivity index (χ0n) is 11.5. The Balaban J connectivity index is 2.15. The number of hydrogen-bond acceptors (Lipinski definition) is 2. The molecule has 4 heteroatoms. The van der Waals surface area contributed by atoms with Gasteiger partial charge < -0.3 is 10.1 Å². The zero-order valence-corrected chi connectivity index (χ0v) is 13.1. The highest BCUT2D eigenvalue weighted by atomic mass is 79.9. The second-order valence-corrected chi connectivity index (χ2v) is 5.52. The van der Waals surface area contributed by atoms with Crippen LogP contribution in [0, 0.1) is 5.82 Å². The third kappa shape index (κ3) is 3.81. The lowest BCUT2D eigenvalue weighted by Crippen LogP contribution is -2.14. The maximum atomic E-state index is 13.4. The molecule has 2 aromatic carbocycles. The Bertz CT molecular complexity index is 571. The van der Waals surface area contributed by atoms with E-state index in [0.717, 1.165) is 15.6 Å². The van der Waals surface area contributed by atoms with Crippen LogP contribution in [0.15, 0.2) is 46.9 Å². The van der Waals surface area contributed by atoms with E-state index in [2.05, 4.69) is 21.2 Å². The predicted molar refractivity (Wildman–Crippen MR) is 82.3 cm³/mol. The molecule has 0 aromatic heterocycles. The quantitative estimate of drug-likeness (QED) is 0.870. The van der Waals surface area contributed by atoms with Crippen LogP contribution < -0.4 is 10.1 Å². The first kappa shape index (κ1) is 15.0. The van der Waals surface area contributed by atoms with E-state index in [1.165, 1.54) is 12.1 Å². The first-order chi connectivity index (χ1) is 9.60. The molecular weight excluding hydrogens is 321 g/mol. The molecule has 0 aliphatic carbocycles. The van der Waals surface area contributed by atoms with Crippen LogP contribution in [0.4, 0.5) is 4.39 Å². The van der Waals surface area contributed by atoms with Gasteiger partial charge in [0.1, 0.15) is 18.2 Å². The highest BCUT2D eigenvalue weighted by Crippen LogP contribution is 2.26. The maximum Gasteiger partial charge on any atom is 0.127 e. The van der Waals surface area contributed by atoms with Crippen molar-refractivity contribution in [3.8, 4) is 5.75 Å². The molecule has 0 saturated carbocycles. The molecule has 0 spiro atoms. The van der Waals surface area contributed by atoms with Crippen molar-refractivity contribution in [3.63, 3.8) is 0 Å². The smallest absolute Gasteiger partial charge is 0.127 e. The van der Waals surface area contributed by atoms with Gasteiger partial charge in [0, 0.05) is 22.1 Å². The van der Waals surface area contributed by atoms with Gasteiger partial charge in [0.2, 0.25) is 0 Å². The van der Waals surface area contributed by atoms with Gasteiger partial charge in [-0.1, -0.05) is 34.1 Å². The molecule has 0 radical (unpaired) electrons. The van der Waals surface area contributed by atoms with Crippen LogP contribution in [0.25, 0.3) is 0 Å². The molecule has 1 unspecified atom stereocenters. The maximum absolute atomic E-state index is 13.4. The summed E-state index contributed by atoms with van der Waals surface area (Å²) in [6.45, 7) is 2.43. The number of benzene rings is 2. The van der Waals surface area contributed by atoms with E-state index in [1.54, 1.807) is 6.07 Å². The third-order valence-corrected chi connectivity index (χ3v) is 3.71. The van der Waals surface area contributed by atoms with Crippen LogP contribution in [0.5, 0.6) is 5.75 Å². The normalized spacial score (nSPS) is 12.2. The van der Waals surface area contributed by atoms with E-state index >= 15 is 0 Å². The molecule has 0 aliphatic heterocycles. The summed E-state index contributed by atoms with van der Waals surface area (Å²) in [5.41, 5.74) is 1.99. The van der Waals surface area contributed by atoms with Crippen molar-refractivity contribution in [1.82, 2.24) is 5.32 Å². The molecule has 0 saturated heterocycles. The fraction of sp³-hybridized carbons (Fsp3) is 0.250. The van der Waals surface area contributed by atoms with Gasteiger partial charge in [-0.2, -0.15) is 0 Å². The van der Waals surface area contributed by atoms with Crippen molar-refractivity contribution in [3.05, 3.63) is 63.9 Å². The van der Waals surface area contributed by atoms with Gasteiger partial charge in [-0.05, 0) is 37.7 Å². The standard InChI is InChI=1S/C16H17BrFNO/c1-11(19-2)15-8-7-14(18)9-16(15)20-10-12-3-5-13(17)6-4-12/h3-9,11,19H,10H2,1-2H3. The summed E-state index contributed by atoms with van der Waals surface area (Å²) in [4.78, 5) is 0. The zero-order chi connectivity index (χ0) is 14.5. The molecule has 1 N–H and O–H groups in total. The summed E-state index contributed by atoms with van der Waals surface area (Å²) in [7, 11) is 1.87. The summed E-state index contributed by atoms with van der Waals surface area (Å²) in [6.07, 6.45) is 0. The molecule has 0 aliphatic rings. The molecule has 0 bridgehead atoms. The van der Waals surface area contributed by atoms with Gasteiger partial charge in [0.15, 0.2) is 0 Å². The SMILES string of the molecule is CNC(C)c1ccc(F)cc1OCc1ccc(Br)cc1. The Hall–Kier alpha value is -1.39. The second kappa shape index (κ2) is 6.86. The topological polar surface area (TPSA) is 21.3 Å². The van der Waals surface area contributed by atoms with Gasteiger partial charge in [0.25, 0.3) is 0 Å². The Morgan fingerprint density at radius 1 is 1.20 bits per heavy atom. The van der Waals surface area contributed by atoms with E-state index in [-0.39, 0.29) is 11.9 Å². The number of ether oxygens (including phenoxy) is 1. The van der Waals surface area contributed by atoms with E-state index in [1.807, 2.05) is 38.2 Å². The minimum Gasteiger partial charge on any atom is -0.488 e. The summed E-state index contributed by atoms with van der Waals surface area (Å²) in [6, 6.07) is 12.6. The fourth-order valence-corrected chi connectivity index (χ4v) is 2.15. The van der Waals surface area contributed by atoms with Crippen LogP contribution in [0.3, 0.4) is 0 Å². The highest BCUT2D eigenvalue weighted by molar-refractivity contribution is 9.10. The average Bonchev–Trinajstić information content (AvgIpc) is 2.46. The molecule has 1 atom stereocenters. The number of rotatable bonds is 5. The van der Waals surface area contributed by atoms with Crippen molar-refractivity contribution in [2.75, 3.05) is 7.05 Å². The molecule has 106 valence electrons. The number of halogens is 2. The largest absolute Gasteiger partial charge is 0.488 e. The molecule has 0 heterocycles. The molecule has 2 aromatic rings. The van der Waals surface area contributed by atoms with Gasteiger partial charge >= 0.3 is 0 Å². The second-order valence-electron chi connectivity index (χ2n) is 4.61. The van der Waals surface area contributed by atoms with E-state index in [4.69, 9.17) is 4.74 Å². The molecule has 0 fully saturated rings. The summed E-state index contributed by atoms with van der Waals surface area (Å²) >= 11 is 3.39. The molecular formula is C16H17BrFNO. The van der Waals surface area contributed by atoms with Crippen molar-refractivity contribution < 1.29 is 9.13 Å². The van der Waals surface area contributed by atoms with Crippen molar-refractivity contribution in [2.45, 2.75) is 19.6 Å². The van der Waals surface area contributed by atoms with Crippen LogP contribution in [0.2, 0.25) is 0 Å². The Kier molecular flexibility index (Phi) is 5.15. The van der Waals surface area contributed by atoms with Crippen LogP contribution >= 0.6 is 15.9 Å². The first-order valence-corrected chi connectivity index (χ1v) is 7.23. The predicted octanol–water partition coefficient (Wildman–Crippen LogP) is 4.45. The monoisotopic (exact) mass is 337 g/mol. The van der Waals surface area contributed by atoms with E-state index < -0.39 is 0 Å². The molecule has 20 heavy (non-hydrogen) atoms. The molecule has 2 rings (SSSR count). The minimum atomic E-state index is -0.289. The average molecular weight is 338 g/mol. The van der Waals surface area contributed by atoms with Crippen molar-refractivity contribution >= 4 is 15.9 Å². The Labute approximate surface area is 127 Å². The third-order valence-electron chi connectivity index (χ3n) is 3.18. The number of nitrogens with one attached hydrogen (secondary N) is 1. The van der Waals surface area contributed by atoms with Gasteiger partial charge in [-0.15, -0.1) is 0 Å². The van der Waals surface area contributed by atoms with Crippen LogP contribution in [0.1, 0.15) is 24.1 Å². The summed E-state index contributed by atoms with van der Waals surface area (Å²) < 4.78 is 20.2. The molecule has 0 amide bonds. The minimum absolute atomic E-state index is 0.107. The highest BCUT2D eigenvalue weighted by Gasteiger charge is 2.11. The number of hydrogen-bond donors (Lipinski definition) is 1. The lowest BCUT2D eigenvalue weighted by Gasteiger charge is -2.16. The van der Waals surface area contributed by atoms with Crippen LogP contribution in [-0.2, 0) is 6.61 Å². The fourth-order valence-electron chi connectivity index (χ4n) is 1.89. The van der Waals surface area contributed by atoms with Gasteiger partial charge in [0.05, 0.1) is 0 Å². The van der Waals surface area contributed by atoms with Crippen molar-refractivity contribution in [1.29, 1.82) is 0 Å². The Morgan fingerprint density at radius 3 is 2.55 bits per heavy atom. The molecule has 2 nitrogen and oxygen atoms in total. The summed E-state index contributed by atoms with van der Waals surface area (Å²) in [5, 5.41) is 3.14. The van der Waals surface area contributed by atoms with E-state index in [0.29, 0.717) is 12.4 Å². The first-order valence-electron chi connectivity index (χ1n) is 6.44. The lowest BCUT2D eigenvalue weighted by atomic mass is 10.1. The summed E-state index contributed by atoms with van der Waals surface area (Å²) in [5.74, 6) is 0.289. The van der Waals surface area contributed by atoms with Gasteiger partial charge in [-0.3, -0.25) is 0 Å². The van der Waals surface area contributed by atoms with Gasteiger partial charge in [-0.25, -0.2) is 4.39 Å². The van der Waals surface area contributed by atoms with Crippen molar-refractivity contribution in [2.24, 2.45) is 0 Å². The Morgan fingerprint density at radius 2 is 1.90 bits per heavy atom.